The average Bonchev–Trinajstić information content (AvgIpc) is 2.87. The van der Waals surface area contributed by atoms with Crippen LogP contribution in [0.4, 0.5) is 0 Å². The maximum Gasteiger partial charge on any atom is 0.265 e. The van der Waals surface area contributed by atoms with Crippen LogP contribution >= 0.6 is 11.3 Å². The van der Waals surface area contributed by atoms with Gasteiger partial charge in [-0.15, -0.1) is 11.3 Å². The zero-order chi connectivity index (χ0) is 13.8. The number of aryl methyl sites for hydroxylation is 1. The second-order valence-corrected chi connectivity index (χ2v) is 5.95. The summed E-state index contributed by atoms with van der Waals surface area (Å²) in [5.41, 5.74) is 5.29. The van der Waals surface area contributed by atoms with Gasteiger partial charge >= 0.3 is 0 Å². The second kappa shape index (κ2) is 6.14. The van der Waals surface area contributed by atoms with E-state index in [2.05, 4.69) is 11.9 Å². The minimum Gasteiger partial charge on any atom is -0.369 e. The molecule has 19 heavy (non-hydrogen) atoms. The first-order chi connectivity index (χ1) is 9.11. The van der Waals surface area contributed by atoms with Crippen LogP contribution in [0, 0.1) is 5.92 Å². The van der Waals surface area contributed by atoms with Crippen LogP contribution in [0.5, 0.6) is 0 Å². The maximum absolute atomic E-state index is 12.3. The number of nitrogens with zero attached hydrogens (tertiary/aromatic N) is 2. The molecule has 2 rings (SSSR count). The first kappa shape index (κ1) is 14.0. The Hall–Kier alpha value is -1.43. The summed E-state index contributed by atoms with van der Waals surface area (Å²) < 4.78 is 0. The van der Waals surface area contributed by atoms with Crippen molar-refractivity contribution < 1.29 is 9.59 Å². The Kier molecular flexibility index (Phi) is 4.52. The molecule has 0 aromatic carbocycles. The summed E-state index contributed by atoms with van der Waals surface area (Å²) in [5, 5.41) is 1.01. The highest BCUT2D eigenvalue weighted by atomic mass is 32.1. The lowest BCUT2D eigenvalue weighted by Gasteiger charge is -2.30. The molecule has 0 bridgehead atoms. The molecule has 0 radical (unpaired) electrons. The van der Waals surface area contributed by atoms with Crippen molar-refractivity contribution in [2.24, 2.45) is 11.7 Å². The number of carbonyl (C=O) groups is 2. The molecule has 0 saturated carbocycles. The van der Waals surface area contributed by atoms with Crippen molar-refractivity contribution in [1.29, 1.82) is 0 Å². The van der Waals surface area contributed by atoms with Crippen LogP contribution in [0.25, 0.3) is 0 Å². The Morgan fingerprint density at radius 2 is 2.16 bits per heavy atom. The van der Waals surface area contributed by atoms with Gasteiger partial charge in [-0.25, -0.2) is 4.98 Å². The zero-order valence-electron chi connectivity index (χ0n) is 11.1. The van der Waals surface area contributed by atoms with E-state index in [1.165, 1.54) is 11.3 Å². The van der Waals surface area contributed by atoms with Gasteiger partial charge in [0, 0.05) is 19.0 Å². The summed E-state index contributed by atoms with van der Waals surface area (Å²) in [6.07, 6.45) is 4.95. The van der Waals surface area contributed by atoms with Crippen molar-refractivity contribution in [2.75, 3.05) is 13.1 Å². The van der Waals surface area contributed by atoms with Crippen LogP contribution < -0.4 is 5.73 Å². The molecule has 6 heteroatoms. The van der Waals surface area contributed by atoms with E-state index in [4.69, 9.17) is 5.73 Å². The molecule has 1 aromatic rings. The van der Waals surface area contributed by atoms with E-state index in [0.717, 1.165) is 17.8 Å². The fourth-order valence-corrected chi connectivity index (χ4v) is 3.25. The molecule has 1 saturated heterocycles. The molecule has 5 nitrogen and oxygen atoms in total. The van der Waals surface area contributed by atoms with Crippen molar-refractivity contribution in [3.05, 3.63) is 16.1 Å². The third-order valence-corrected chi connectivity index (χ3v) is 4.46. The van der Waals surface area contributed by atoms with Gasteiger partial charge in [-0.1, -0.05) is 6.92 Å². The summed E-state index contributed by atoms with van der Waals surface area (Å²) in [6, 6.07) is 0. The summed E-state index contributed by atoms with van der Waals surface area (Å²) in [5.74, 6) is -0.306. The Bertz CT molecular complexity index is 464. The molecule has 1 fully saturated rings. The standard InChI is InChI=1S/C13H19N3O2S/c1-2-3-11-15-8-10(19-11)13(18)16-6-4-9(5-7-16)12(14)17/h8-9H,2-7H2,1H3,(H2,14,17). The number of primary amides is 1. The molecule has 0 spiro atoms. The molecule has 2 heterocycles. The van der Waals surface area contributed by atoms with Crippen molar-refractivity contribution in [2.45, 2.75) is 32.6 Å². The van der Waals surface area contributed by atoms with Crippen molar-refractivity contribution in [3.63, 3.8) is 0 Å². The number of thiazole rings is 1. The molecule has 0 atom stereocenters. The van der Waals surface area contributed by atoms with Gasteiger partial charge in [-0.05, 0) is 25.7 Å². The molecule has 1 aliphatic heterocycles. The largest absolute Gasteiger partial charge is 0.369 e. The second-order valence-electron chi connectivity index (χ2n) is 4.84. The van der Waals surface area contributed by atoms with Crippen LogP contribution in [-0.4, -0.2) is 34.8 Å². The normalized spacial score (nSPS) is 16.6. The van der Waals surface area contributed by atoms with Gasteiger partial charge in [0.2, 0.25) is 5.91 Å². The lowest BCUT2D eigenvalue weighted by molar-refractivity contribution is -0.123. The average molecular weight is 281 g/mol. The molecule has 104 valence electrons. The molecule has 1 aromatic heterocycles. The Morgan fingerprint density at radius 1 is 1.47 bits per heavy atom. The quantitative estimate of drug-likeness (QED) is 0.907. The zero-order valence-corrected chi connectivity index (χ0v) is 11.9. The third-order valence-electron chi connectivity index (χ3n) is 3.41. The van der Waals surface area contributed by atoms with Gasteiger partial charge in [0.1, 0.15) is 4.88 Å². The van der Waals surface area contributed by atoms with E-state index in [-0.39, 0.29) is 17.7 Å². The number of aromatic nitrogens is 1. The SMILES string of the molecule is CCCc1ncc(C(=O)N2CCC(C(N)=O)CC2)s1. The van der Waals surface area contributed by atoms with Crippen molar-refractivity contribution in [3.8, 4) is 0 Å². The van der Waals surface area contributed by atoms with Gasteiger partial charge in [-0.3, -0.25) is 9.59 Å². The number of rotatable bonds is 4. The first-order valence-electron chi connectivity index (χ1n) is 6.65. The van der Waals surface area contributed by atoms with E-state index in [9.17, 15) is 9.59 Å². The minimum absolute atomic E-state index is 0.0303. The summed E-state index contributed by atoms with van der Waals surface area (Å²) in [4.78, 5) is 30.1. The third kappa shape index (κ3) is 3.32. The topological polar surface area (TPSA) is 76.3 Å². The lowest BCUT2D eigenvalue weighted by Crippen LogP contribution is -2.41. The van der Waals surface area contributed by atoms with E-state index in [0.29, 0.717) is 30.8 Å². The predicted molar refractivity (Wildman–Crippen MR) is 73.9 cm³/mol. The fourth-order valence-electron chi connectivity index (χ4n) is 2.26. The van der Waals surface area contributed by atoms with Crippen LogP contribution in [0.3, 0.4) is 0 Å². The Labute approximate surface area is 116 Å². The number of hydrogen-bond acceptors (Lipinski definition) is 4. The summed E-state index contributed by atoms with van der Waals surface area (Å²) in [6.45, 7) is 3.30. The highest BCUT2D eigenvalue weighted by Crippen LogP contribution is 2.21. The highest BCUT2D eigenvalue weighted by molar-refractivity contribution is 7.13. The molecule has 0 aliphatic carbocycles. The first-order valence-corrected chi connectivity index (χ1v) is 7.46. The number of amides is 2. The summed E-state index contributed by atoms with van der Waals surface area (Å²) >= 11 is 1.47. The monoisotopic (exact) mass is 281 g/mol. The minimum atomic E-state index is -0.255. The van der Waals surface area contributed by atoms with Gasteiger partial charge < -0.3 is 10.6 Å². The summed E-state index contributed by atoms with van der Waals surface area (Å²) in [7, 11) is 0. The molecule has 2 N–H and O–H groups in total. The number of carbonyl (C=O) groups excluding carboxylic acids is 2. The number of hydrogen-bond donors (Lipinski definition) is 1. The van der Waals surface area contributed by atoms with E-state index in [1.54, 1.807) is 11.1 Å². The van der Waals surface area contributed by atoms with E-state index >= 15 is 0 Å². The van der Waals surface area contributed by atoms with Crippen LogP contribution in [-0.2, 0) is 11.2 Å². The Morgan fingerprint density at radius 3 is 2.74 bits per heavy atom. The van der Waals surface area contributed by atoms with Gasteiger partial charge in [0.15, 0.2) is 0 Å². The smallest absolute Gasteiger partial charge is 0.265 e. The predicted octanol–water partition coefficient (Wildman–Crippen LogP) is 1.43. The van der Waals surface area contributed by atoms with Crippen LogP contribution in [0.1, 0.15) is 40.9 Å². The number of piperidine rings is 1. The molecule has 0 unspecified atom stereocenters. The molecular formula is C13H19N3O2S. The van der Waals surface area contributed by atoms with E-state index < -0.39 is 0 Å². The van der Waals surface area contributed by atoms with Crippen LogP contribution in [0.2, 0.25) is 0 Å². The van der Waals surface area contributed by atoms with Crippen molar-refractivity contribution >= 4 is 23.2 Å². The lowest BCUT2D eigenvalue weighted by atomic mass is 9.96. The number of likely N-dealkylation sites (tertiary alicyclic amines) is 1. The molecule has 1 aliphatic rings. The van der Waals surface area contributed by atoms with Crippen molar-refractivity contribution in [1.82, 2.24) is 9.88 Å². The number of nitrogens with two attached hydrogens (primary N) is 1. The Balaban J connectivity index is 1.95. The fraction of sp³-hybridized carbons (Fsp3) is 0.615. The van der Waals surface area contributed by atoms with Crippen LogP contribution in [0.15, 0.2) is 6.20 Å². The van der Waals surface area contributed by atoms with Gasteiger partial charge in [-0.2, -0.15) is 0 Å². The van der Waals surface area contributed by atoms with Gasteiger partial charge in [0.25, 0.3) is 5.91 Å². The van der Waals surface area contributed by atoms with E-state index in [1.807, 2.05) is 0 Å². The maximum atomic E-state index is 12.3. The highest BCUT2D eigenvalue weighted by Gasteiger charge is 2.27. The molecule has 2 amide bonds. The molecular weight excluding hydrogens is 262 g/mol. The van der Waals surface area contributed by atoms with Gasteiger partial charge in [0.05, 0.1) is 11.2 Å².